The highest BCUT2D eigenvalue weighted by Gasteiger charge is 2.18. The number of carboxylic acids is 1. The molecule has 0 fully saturated rings. The van der Waals surface area contributed by atoms with E-state index in [0.29, 0.717) is 10.7 Å². The molecule has 5 nitrogen and oxygen atoms in total. The summed E-state index contributed by atoms with van der Waals surface area (Å²) in [5, 5.41) is 17.6. The number of fused-ring (bicyclic) bond motifs is 1. The molecule has 1 atom stereocenters. The predicted octanol–water partition coefficient (Wildman–Crippen LogP) is 2.99. The fourth-order valence-electron chi connectivity index (χ4n) is 2.35. The number of aromatic nitrogens is 3. The zero-order valence-electron chi connectivity index (χ0n) is 11.0. The van der Waals surface area contributed by atoms with Gasteiger partial charge in [0.1, 0.15) is 6.33 Å². The Morgan fingerprint density at radius 1 is 1.24 bits per heavy atom. The third-order valence-corrected chi connectivity index (χ3v) is 3.63. The van der Waals surface area contributed by atoms with Crippen LogP contribution in [0.3, 0.4) is 0 Å². The minimum absolute atomic E-state index is 0.00590. The maximum atomic E-state index is 11.2. The van der Waals surface area contributed by atoms with Crippen LogP contribution in [0, 0.1) is 0 Å². The second-order valence-electron chi connectivity index (χ2n) is 4.76. The minimum Gasteiger partial charge on any atom is -0.481 e. The summed E-state index contributed by atoms with van der Waals surface area (Å²) < 4.78 is 1.78. The molecule has 3 rings (SSSR count). The van der Waals surface area contributed by atoms with Gasteiger partial charge in [-0.1, -0.05) is 23.7 Å². The fourth-order valence-corrected chi connectivity index (χ4v) is 2.47. The lowest BCUT2D eigenvalue weighted by Gasteiger charge is -2.16. The molecule has 21 heavy (non-hydrogen) atoms. The van der Waals surface area contributed by atoms with E-state index in [9.17, 15) is 9.90 Å². The van der Waals surface area contributed by atoms with E-state index in [1.165, 1.54) is 0 Å². The Morgan fingerprint density at radius 2 is 2.00 bits per heavy atom. The molecule has 2 heterocycles. The molecule has 6 heteroatoms. The minimum atomic E-state index is -0.851. The van der Waals surface area contributed by atoms with Gasteiger partial charge in [0.25, 0.3) is 0 Å². The summed E-state index contributed by atoms with van der Waals surface area (Å²) in [6, 6.07) is 11.0. The molecular formula is C15H12ClN3O2. The summed E-state index contributed by atoms with van der Waals surface area (Å²) in [5.74, 6) is -1.10. The maximum Gasteiger partial charge on any atom is 0.304 e. The predicted molar refractivity (Wildman–Crippen MR) is 78.5 cm³/mol. The molecule has 106 valence electrons. The molecule has 0 aliphatic rings. The van der Waals surface area contributed by atoms with Gasteiger partial charge in [0.2, 0.25) is 0 Å². The van der Waals surface area contributed by atoms with Crippen molar-refractivity contribution in [2.75, 3.05) is 0 Å². The quantitative estimate of drug-likeness (QED) is 0.804. The van der Waals surface area contributed by atoms with E-state index in [-0.39, 0.29) is 12.3 Å². The van der Waals surface area contributed by atoms with E-state index in [1.54, 1.807) is 22.9 Å². The molecule has 1 unspecified atom stereocenters. The van der Waals surface area contributed by atoms with Crippen LogP contribution in [0.15, 0.2) is 48.9 Å². The molecular weight excluding hydrogens is 290 g/mol. The van der Waals surface area contributed by atoms with Crippen molar-refractivity contribution in [2.45, 2.75) is 12.3 Å². The molecule has 3 aromatic rings. The number of aliphatic carboxylic acids is 1. The van der Waals surface area contributed by atoms with Gasteiger partial charge in [0.05, 0.1) is 6.42 Å². The highest BCUT2D eigenvalue weighted by Crippen LogP contribution is 2.29. The van der Waals surface area contributed by atoms with Crippen molar-refractivity contribution in [2.24, 2.45) is 0 Å². The molecule has 0 aliphatic heterocycles. The lowest BCUT2D eigenvalue weighted by molar-refractivity contribution is -0.137. The Kier molecular flexibility index (Phi) is 3.58. The van der Waals surface area contributed by atoms with E-state index >= 15 is 0 Å². The molecule has 2 aromatic heterocycles. The number of nitrogens with zero attached hydrogens (tertiary/aromatic N) is 3. The summed E-state index contributed by atoms with van der Waals surface area (Å²) in [7, 11) is 0. The van der Waals surface area contributed by atoms with Crippen molar-refractivity contribution >= 4 is 23.2 Å². The Balaban J connectivity index is 2.05. The Labute approximate surface area is 125 Å². The van der Waals surface area contributed by atoms with Crippen molar-refractivity contribution in [3.05, 3.63) is 65.1 Å². The highest BCUT2D eigenvalue weighted by molar-refractivity contribution is 6.30. The van der Waals surface area contributed by atoms with Crippen LogP contribution < -0.4 is 0 Å². The third kappa shape index (κ3) is 2.87. The first kappa shape index (κ1) is 13.6. The van der Waals surface area contributed by atoms with Crippen molar-refractivity contribution in [3.63, 3.8) is 0 Å². The highest BCUT2D eigenvalue weighted by atomic mass is 35.5. The zero-order chi connectivity index (χ0) is 14.8. The van der Waals surface area contributed by atoms with Crippen molar-refractivity contribution in [3.8, 4) is 0 Å². The smallest absolute Gasteiger partial charge is 0.304 e. The standard InChI is InChI=1S/C15H12ClN3O2/c16-12-3-1-10(2-4-12)13(8-15(20)21)11-5-6-19-9-17-18-14(19)7-11/h1-7,9,13H,8H2,(H,20,21). The van der Waals surface area contributed by atoms with Crippen LogP contribution in [0.5, 0.6) is 0 Å². The van der Waals surface area contributed by atoms with E-state index in [4.69, 9.17) is 11.6 Å². The van der Waals surface area contributed by atoms with Gasteiger partial charge in [-0.05, 0) is 35.4 Å². The molecule has 0 spiro atoms. The average Bonchev–Trinajstić information content (AvgIpc) is 2.93. The molecule has 1 aromatic carbocycles. The summed E-state index contributed by atoms with van der Waals surface area (Å²) in [4.78, 5) is 11.2. The van der Waals surface area contributed by atoms with Gasteiger partial charge in [-0.2, -0.15) is 0 Å². The normalized spacial score (nSPS) is 12.4. The van der Waals surface area contributed by atoms with Crippen LogP contribution in [-0.4, -0.2) is 25.7 Å². The maximum absolute atomic E-state index is 11.2. The SMILES string of the molecule is O=C(O)CC(c1ccc(Cl)cc1)c1ccn2cnnc2c1. The van der Waals surface area contributed by atoms with Crippen LogP contribution in [0.25, 0.3) is 5.65 Å². The number of hydrogen-bond donors (Lipinski definition) is 1. The molecule has 0 bridgehead atoms. The second kappa shape index (κ2) is 5.54. The number of pyridine rings is 1. The van der Waals surface area contributed by atoms with Gasteiger partial charge >= 0.3 is 5.97 Å². The zero-order valence-corrected chi connectivity index (χ0v) is 11.7. The largest absolute Gasteiger partial charge is 0.481 e. The van der Waals surface area contributed by atoms with Gasteiger partial charge in [-0.25, -0.2) is 0 Å². The van der Waals surface area contributed by atoms with Gasteiger partial charge in [0.15, 0.2) is 5.65 Å². The molecule has 0 saturated heterocycles. The number of hydrogen-bond acceptors (Lipinski definition) is 3. The lowest BCUT2D eigenvalue weighted by atomic mass is 9.89. The van der Waals surface area contributed by atoms with Crippen LogP contribution in [0.2, 0.25) is 5.02 Å². The summed E-state index contributed by atoms with van der Waals surface area (Å²) in [5.41, 5.74) is 2.49. The van der Waals surface area contributed by atoms with Gasteiger partial charge in [0, 0.05) is 17.1 Å². The molecule has 0 aliphatic carbocycles. The van der Waals surface area contributed by atoms with Crippen LogP contribution in [-0.2, 0) is 4.79 Å². The second-order valence-corrected chi connectivity index (χ2v) is 5.19. The summed E-state index contributed by atoms with van der Waals surface area (Å²) in [6.07, 6.45) is 3.44. The summed E-state index contributed by atoms with van der Waals surface area (Å²) >= 11 is 5.89. The van der Waals surface area contributed by atoms with Crippen molar-refractivity contribution in [1.29, 1.82) is 0 Å². The third-order valence-electron chi connectivity index (χ3n) is 3.38. The summed E-state index contributed by atoms with van der Waals surface area (Å²) in [6.45, 7) is 0. The van der Waals surface area contributed by atoms with Crippen molar-refractivity contribution < 1.29 is 9.90 Å². The van der Waals surface area contributed by atoms with E-state index < -0.39 is 5.97 Å². The van der Waals surface area contributed by atoms with Gasteiger partial charge < -0.3 is 5.11 Å². The molecule has 0 saturated carbocycles. The van der Waals surface area contributed by atoms with Crippen molar-refractivity contribution in [1.82, 2.24) is 14.6 Å². The van der Waals surface area contributed by atoms with Crippen LogP contribution in [0.1, 0.15) is 23.5 Å². The Hall–Kier alpha value is -2.40. The first-order valence-corrected chi connectivity index (χ1v) is 6.78. The molecule has 0 radical (unpaired) electrons. The van der Waals surface area contributed by atoms with E-state index in [0.717, 1.165) is 11.1 Å². The van der Waals surface area contributed by atoms with Gasteiger partial charge in [-0.3, -0.25) is 9.20 Å². The topological polar surface area (TPSA) is 67.5 Å². The number of rotatable bonds is 4. The first-order valence-electron chi connectivity index (χ1n) is 6.40. The number of halogens is 1. The molecule has 0 amide bonds. The fraction of sp³-hybridized carbons (Fsp3) is 0.133. The Morgan fingerprint density at radius 3 is 2.71 bits per heavy atom. The first-order chi connectivity index (χ1) is 10.1. The van der Waals surface area contributed by atoms with Crippen LogP contribution in [0.4, 0.5) is 0 Å². The monoisotopic (exact) mass is 301 g/mol. The lowest BCUT2D eigenvalue weighted by Crippen LogP contribution is -2.08. The Bertz CT molecular complexity index is 783. The van der Waals surface area contributed by atoms with Crippen LogP contribution >= 0.6 is 11.6 Å². The average molecular weight is 302 g/mol. The van der Waals surface area contributed by atoms with E-state index in [1.807, 2.05) is 30.5 Å². The number of carboxylic acid groups (broad SMARTS) is 1. The van der Waals surface area contributed by atoms with Gasteiger partial charge in [-0.15, -0.1) is 10.2 Å². The number of benzene rings is 1. The molecule has 1 N–H and O–H groups in total. The van der Waals surface area contributed by atoms with E-state index in [2.05, 4.69) is 10.2 Å². The number of carbonyl (C=O) groups is 1.